The summed E-state index contributed by atoms with van der Waals surface area (Å²) < 4.78 is 36.8. The van der Waals surface area contributed by atoms with Crippen LogP contribution in [0.1, 0.15) is 22.3 Å². The zero-order chi connectivity index (χ0) is 23.0. The van der Waals surface area contributed by atoms with Gasteiger partial charge in [-0.15, -0.1) is 0 Å². The largest absolute Gasteiger partial charge is 0.508 e. The molecule has 0 aliphatic carbocycles. The third-order valence-electron chi connectivity index (χ3n) is 5.56. The first-order valence-corrected chi connectivity index (χ1v) is 9.87. The molecule has 166 valence electrons. The first kappa shape index (κ1) is 21.4. The monoisotopic (exact) mass is 438 g/mol. The maximum absolute atomic E-state index is 14.3. The van der Waals surface area contributed by atoms with Crippen LogP contribution in [0.5, 0.6) is 34.5 Å². The van der Waals surface area contributed by atoms with Gasteiger partial charge < -0.3 is 29.2 Å². The van der Waals surface area contributed by atoms with Crippen molar-refractivity contribution in [2.75, 3.05) is 27.9 Å². The van der Waals surface area contributed by atoms with Gasteiger partial charge in [0, 0.05) is 16.7 Å². The number of benzene rings is 3. The van der Waals surface area contributed by atoms with Gasteiger partial charge in [-0.1, -0.05) is 6.07 Å². The van der Waals surface area contributed by atoms with Gasteiger partial charge in [-0.2, -0.15) is 0 Å². The molecule has 0 fully saturated rings. The van der Waals surface area contributed by atoms with E-state index in [1.807, 2.05) is 0 Å². The van der Waals surface area contributed by atoms with E-state index in [1.165, 1.54) is 33.5 Å². The van der Waals surface area contributed by atoms with E-state index in [-0.39, 0.29) is 12.4 Å². The quantitative estimate of drug-likeness (QED) is 0.589. The molecule has 0 saturated carbocycles. The summed E-state index contributed by atoms with van der Waals surface area (Å²) in [6.07, 6.45) is 0. The van der Waals surface area contributed by atoms with Gasteiger partial charge in [0.15, 0.2) is 23.1 Å². The molecule has 0 radical (unpaired) electrons. The van der Waals surface area contributed by atoms with Gasteiger partial charge in [0.2, 0.25) is 5.75 Å². The summed E-state index contributed by atoms with van der Waals surface area (Å²) in [5, 5.41) is 19.9. The zero-order valence-electron chi connectivity index (χ0n) is 18.2. The van der Waals surface area contributed by atoms with Crippen LogP contribution in [0.4, 0.5) is 4.39 Å². The minimum Gasteiger partial charge on any atom is -0.508 e. The Bertz CT molecular complexity index is 1210. The lowest BCUT2D eigenvalue weighted by Gasteiger charge is -2.27. The molecule has 32 heavy (non-hydrogen) atoms. The van der Waals surface area contributed by atoms with Gasteiger partial charge in [-0.3, -0.25) is 0 Å². The van der Waals surface area contributed by atoms with E-state index in [0.717, 1.165) is 11.1 Å². The molecular weight excluding hydrogens is 415 g/mol. The van der Waals surface area contributed by atoms with Crippen molar-refractivity contribution < 1.29 is 33.6 Å². The maximum Gasteiger partial charge on any atom is 0.203 e. The standard InChI is InChI=1S/C25H23FO6/c1-13-19(27)8-6-16-23(14-5-7-20(28)18(26)9-14)17(12-32-24(13)16)15-10-21(29-2)25(31-4)22(11-15)30-3/h5-11,27-28H,12H2,1-4H3. The predicted octanol–water partition coefficient (Wildman–Crippen LogP) is 4.92. The molecule has 0 bridgehead atoms. The molecule has 0 spiro atoms. The molecule has 0 aromatic heterocycles. The fraction of sp³-hybridized carbons (Fsp3) is 0.200. The SMILES string of the molecule is COc1cc(C2=C(c3ccc(O)c(F)c3)c3ccc(O)c(C)c3OC2)cc(OC)c1OC. The summed E-state index contributed by atoms with van der Waals surface area (Å²) in [7, 11) is 4.59. The molecule has 0 amide bonds. The number of hydrogen-bond donors (Lipinski definition) is 2. The molecule has 1 aliphatic heterocycles. The van der Waals surface area contributed by atoms with Crippen LogP contribution in [0.15, 0.2) is 42.5 Å². The van der Waals surface area contributed by atoms with E-state index in [9.17, 15) is 14.6 Å². The number of hydrogen-bond acceptors (Lipinski definition) is 6. The van der Waals surface area contributed by atoms with Crippen LogP contribution in [-0.2, 0) is 0 Å². The highest BCUT2D eigenvalue weighted by atomic mass is 19.1. The van der Waals surface area contributed by atoms with Crippen molar-refractivity contribution in [3.05, 3.63) is 70.5 Å². The molecule has 3 aromatic rings. The third kappa shape index (κ3) is 3.45. The minimum absolute atomic E-state index is 0.108. The first-order chi connectivity index (χ1) is 15.4. The van der Waals surface area contributed by atoms with Crippen molar-refractivity contribution in [1.29, 1.82) is 0 Å². The van der Waals surface area contributed by atoms with Crippen molar-refractivity contribution in [3.63, 3.8) is 0 Å². The van der Waals surface area contributed by atoms with Crippen molar-refractivity contribution >= 4 is 11.1 Å². The first-order valence-electron chi connectivity index (χ1n) is 9.87. The highest BCUT2D eigenvalue weighted by molar-refractivity contribution is 6.02. The number of phenolic OH excluding ortho intramolecular Hbond substituents is 2. The molecule has 4 rings (SSSR count). The molecule has 0 unspecified atom stereocenters. The fourth-order valence-electron chi connectivity index (χ4n) is 3.92. The molecule has 2 N–H and O–H groups in total. The van der Waals surface area contributed by atoms with Gasteiger partial charge in [-0.25, -0.2) is 4.39 Å². The summed E-state index contributed by atoms with van der Waals surface area (Å²) >= 11 is 0. The summed E-state index contributed by atoms with van der Waals surface area (Å²) in [5.41, 5.74) is 4.04. The van der Waals surface area contributed by atoms with E-state index < -0.39 is 11.6 Å². The lowest BCUT2D eigenvalue weighted by Crippen LogP contribution is -2.13. The highest BCUT2D eigenvalue weighted by Crippen LogP contribution is 2.47. The summed E-state index contributed by atoms with van der Waals surface area (Å²) in [6.45, 7) is 1.92. The van der Waals surface area contributed by atoms with Gasteiger partial charge in [-0.05, 0) is 60.0 Å². The zero-order valence-corrected chi connectivity index (χ0v) is 18.2. The minimum atomic E-state index is -0.734. The van der Waals surface area contributed by atoms with E-state index in [1.54, 1.807) is 37.3 Å². The molecule has 1 aliphatic rings. The average molecular weight is 438 g/mol. The number of rotatable bonds is 5. The molecule has 3 aromatic carbocycles. The van der Waals surface area contributed by atoms with Crippen molar-refractivity contribution in [2.24, 2.45) is 0 Å². The second-order valence-electron chi connectivity index (χ2n) is 7.31. The Balaban J connectivity index is 2.05. The Labute approximate surface area is 185 Å². The lowest BCUT2D eigenvalue weighted by atomic mass is 9.86. The van der Waals surface area contributed by atoms with Crippen LogP contribution in [-0.4, -0.2) is 38.1 Å². The van der Waals surface area contributed by atoms with Gasteiger partial charge in [0.1, 0.15) is 18.1 Å². The topological polar surface area (TPSA) is 77.4 Å². The second-order valence-corrected chi connectivity index (χ2v) is 7.31. The smallest absolute Gasteiger partial charge is 0.203 e. The number of phenols is 2. The Hall–Kier alpha value is -3.87. The molecule has 0 saturated heterocycles. The third-order valence-corrected chi connectivity index (χ3v) is 5.56. The van der Waals surface area contributed by atoms with Crippen molar-refractivity contribution in [3.8, 4) is 34.5 Å². The van der Waals surface area contributed by atoms with Crippen molar-refractivity contribution in [2.45, 2.75) is 6.92 Å². The summed E-state index contributed by atoms with van der Waals surface area (Å²) in [5.74, 6) is 0.854. The van der Waals surface area contributed by atoms with Crippen LogP contribution in [0, 0.1) is 12.7 Å². The number of ether oxygens (including phenoxy) is 4. The Morgan fingerprint density at radius 1 is 0.844 bits per heavy atom. The fourth-order valence-corrected chi connectivity index (χ4v) is 3.92. The van der Waals surface area contributed by atoms with Gasteiger partial charge in [0.05, 0.1) is 21.3 Å². The molecule has 6 nitrogen and oxygen atoms in total. The number of fused-ring (bicyclic) bond motifs is 1. The highest BCUT2D eigenvalue weighted by Gasteiger charge is 2.27. The Morgan fingerprint density at radius 2 is 1.50 bits per heavy atom. The maximum atomic E-state index is 14.3. The molecule has 0 atom stereocenters. The lowest BCUT2D eigenvalue weighted by molar-refractivity contribution is 0.324. The van der Waals surface area contributed by atoms with Crippen molar-refractivity contribution in [1.82, 2.24) is 0 Å². The van der Waals surface area contributed by atoms with Crippen LogP contribution < -0.4 is 18.9 Å². The Kier molecular flexibility index (Phi) is 5.57. The summed E-state index contributed by atoms with van der Waals surface area (Å²) in [6, 6.07) is 11.1. The number of methoxy groups -OCH3 is 3. The summed E-state index contributed by atoms with van der Waals surface area (Å²) in [4.78, 5) is 0. The van der Waals surface area contributed by atoms with Crippen LogP contribution in [0.25, 0.3) is 11.1 Å². The number of aromatic hydroxyl groups is 2. The van der Waals surface area contributed by atoms with E-state index in [0.29, 0.717) is 45.3 Å². The molecule has 7 heteroatoms. The predicted molar refractivity (Wildman–Crippen MR) is 118 cm³/mol. The van der Waals surface area contributed by atoms with Crippen LogP contribution >= 0.6 is 0 Å². The van der Waals surface area contributed by atoms with E-state index in [4.69, 9.17) is 18.9 Å². The van der Waals surface area contributed by atoms with E-state index >= 15 is 0 Å². The van der Waals surface area contributed by atoms with Gasteiger partial charge in [0.25, 0.3) is 0 Å². The molecule has 1 heterocycles. The van der Waals surface area contributed by atoms with Crippen LogP contribution in [0.3, 0.4) is 0 Å². The Morgan fingerprint density at radius 3 is 2.09 bits per heavy atom. The van der Waals surface area contributed by atoms with E-state index in [2.05, 4.69) is 0 Å². The number of halogens is 1. The van der Waals surface area contributed by atoms with Gasteiger partial charge >= 0.3 is 0 Å². The molecular formula is C25H23FO6. The second kappa shape index (κ2) is 8.34. The average Bonchev–Trinajstić information content (AvgIpc) is 2.81. The van der Waals surface area contributed by atoms with Crippen LogP contribution in [0.2, 0.25) is 0 Å². The normalized spacial score (nSPS) is 12.8.